The summed E-state index contributed by atoms with van der Waals surface area (Å²) in [6.07, 6.45) is 0.475. The highest BCUT2D eigenvalue weighted by Gasteiger charge is 2.33. The first-order valence-corrected chi connectivity index (χ1v) is 7.21. The summed E-state index contributed by atoms with van der Waals surface area (Å²) in [6, 6.07) is 14.2. The van der Waals surface area contributed by atoms with E-state index < -0.39 is 5.41 Å². The van der Waals surface area contributed by atoms with E-state index in [1.54, 1.807) is 18.2 Å². The lowest BCUT2D eigenvalue weighted by atomic mass is 9.76. The minimum Gasteiger partial charge on any atom is -0.395 e. The molecular formula is C16H17BrFNO. The van der Waals surface area contributed by atoms with Crippen molar-refractivity contribution in [2.24, 2.45) is 5.73 Å². The number of nitrogens with two attached hydrogens (primary N) is 1. The van der Waals surface area contributed by atoms with Crippen molar-refractivity contribution in [3.05, 3.63) is 69.9 Å². The fraction of sp³-hybridized carbons (Fsp3) is 0.250. The Morgan fingerprint density at radius 2 is 1.75 bits per heavy atom. The van der Waals surface area contributed by atoms with Gasteiger partial charge in [-0.15, -0.1) is 0 Å². The van der Waals surface area contributed by atoms with Crippen molar-refractivity contribution in [3.8, 4) is 0 Å². The van der Waals surface area contributed by atoms with Gasteiger partial charge in [0.1, 0.15) is 5.82 Å². The number of hydrogen-bond acceptors (Lipinski definition) is 2. The minimum absolute atomic E-state index is 0.172. The van der Waals surface area contributed by atoms with Gasteiger partial charge in [0.25, 0.3) is 0 Å². The average Bonchev–Trinajstić information content (AvgIpc) is 2.48. The predicted molar refractivity (Wildman–Crippen MR) is 82.1 cm³/mol. The van der Waals surface area contributed by atoms with Gasteiger partial charge in [0.05, 0.1) is 6.61 Å². The monoisotopic (exact) mass is 337 g/mol. The number of rotatable bonds is 5. The van der Waals surface area contributed by atoms with Gasteiger partial charge >= 0.3 is 0 Å². The van der Waals surface area contributed by atoms with Crippen molar-refractivity contribution in [1.29, 1.82) is 0 Å². The Hall–Kier alpha value is -1.23. The average molecular weight is 338 g/mol. The molecule has 1 unspecified atom stereocenters. The molecule has 106 valence electrons. The van der Waals surface area contributed by atoms with E-state index in [0.29, 0.717) is 12.0 Å². The molecule has 0 amide bonds. The first-order chi connectivity index (χ1) is 9.63. The third-order valence-electron chi connectivity index (χ3n) is 3.63. The molecule has 2 aromatic rings. The van der Waals surface area contributed by atoms with Crippen molar-refractivity contribution in [1.82, 2.24) is 0 Å². The van der Waals surface area contributed by atoms with Crippen LogP contribution in [0.25, 0.3) is 0 Å². The Labute approximate surface area is 126 Å². The number of benzene rings is 2. The third-order valence-corrected chi connectivity index (χ3v) is 4.40. The highest BCUT2D eigenvalue weighted by molar-refractivity contribution is 9.10. The molecule has 3 N–H and O–H groups in total. The summed E-state index contributed by atoms with van der Waals surface area (Å²) >= 11 is 3.48. The van der Waals surface area contributed by atoms with Crippen molar-refractivity contribution in [2.45, 2.75) is 11.8 Å². The van der Waals surface area contributed by atoms with Gasteiger partial charge in [-0.3, -0.25) is 0 Å². The van der Waals surface area contributed by atoms with E-state index in [1.807, 2.05) is 24.3 Å². The van der Waals surface area contributed by atoms with Gasteiger partial charge in [-0.05, 0) is 29.7 Å². The molecule has 0 aliphatic carbocycles. The van der Waals surface area contributed by atoms with Crippen LogP contribution >= 0.6 is 15.9 Å². The van der Waals surface area contributed by atoms with Crippen LogP contribution in [-0.4, -0.2) is 18.3 Å². The maximum atomic E-state index is 14.1. The molecule has 1 atom stereocenters. The summed E-state index contributed by atoms with van der Waals surface area (Å²) in [4.78, 5) is 0. The molecule has 2 aromatic carbocycles. The van der Waals surface area contributed by atoms with Gasteiger partial charge in [0.15, 0.2) is 0 Å². The maximum absolute atomic E-state index is 14.1. The van der Waals surface area contributed by atoms with Gasteiger partial charge < -0.3 is 10.8 Å². The Kier molecular flexibility index (Phi) is 4.91. The van der Waals surface area contributed by atoms with E-state index in [1.165, 1.54) is 6.07 Å². The molecule has 0 heterocycles. The summed E-state index contributed by atoms with van der Waals surface area (Å²) < 4.78 is 15.0. The van der Waals surface area contributed by atoms with E-state index >= 15 is 0 Å². The first kappa shape index (κ1) is 15.2. The lowest BCUT2D eigenvalue weighted by Gasteiger charge is -2.32. The maximum Gasteiger partial charge on any atom is 0.127 e. The van der Waals surface area contributed by atoms with Gasteiger partial charge in [0.2, 0.25) is 0 Å². The van der Waals surface area contributed by atoms with Crippen molar-refractivity contribution in [2.75, 3.05) is 13.2 Å². The molecule has 0 fully saturated rings. The van der Waals surface area contributed by atoms with Crippen LogP contribution in [0.3, 0.4) is 0 Å². The largest absolute Gasteiger partial charge is 0.395 e. The zero-order chi connectivity index (χ0) is 14.6. The Morgan fingerprint density at radius 1 is 1.10 bits per heavy atom. The normalized spacial score (nSPS) is 14.0. The van der Waals surface area contributed by atoms with Crippen LogP contribution in [0.1, 0.15) is 11.1 Å². The molecule has 2 nitrogen and oxygen atoms in total. The zero-order valence-electron chi connectivity index (χ0n) is 11.0. The van der Waals surface area contributed by atoms with Crippen molar-refractivity contribution >= 4 is 15.9 Å². The lowest BCUT2D eigenvalue weighted by molar-refractivity contribution is 0.192. The second-order valence-electron chi connectivity index (χ2n) is 4.89. The summed E-state index contributed by atoms with van der Waals surface area (Å²) in [6.45, 7) is -0.0302. The minimum atomic E-state index is -0.810. The lowest BCUT2D eigenvalue weighted by Crippen LogP contribution is -2.41. The number of aliphatic hydroxyl groups excluding tert-OH is 1. The second kappa shape index (κ2) is 6.48. The van der Waals surface area contributed by atoms with Crippen molar-refractivity contribution < 1.29 is 9.50 Å². The molecule has 20 heavy (non-hydrogen) atoms. The van der Waals surface area contributed by atoms with Crippen LogP contribution in [0.5, 0.6) is 0 Å². The topological polar surface area (TPSA) is 46.2 Å². The zero-order valence-corrected chi connectivity index (χ0v) is 12.6. The van der Waals surface area contributed by atoms with Crippen LogP contribution in [0.2, 0.25) is 0 Å². The van der Waals surface area contributed by atoms with Crippen LogP contribution in [0.4, 0.5) is 4.39 Å². The predicted octanol–water partition coefficient (Wildman–Crippen LogP) is 3.02. The molecule has 0 radical (unpaired) electrons. The standard InChI is InChI=1S/C16H17BrFNO/c17-14-7-3-1-5-12(14)9-16(10-19,11-20)13-6-2-4-8-15(13)18/h1-8,20H,9-11,19H2. The summed E-state index contributed by atoms with van der Waals surface area (Å²) in [5.74, 6) is -0.334. The van der Waals surface area contributed by atoms with E-state index in [-0.39, 0.29) is 19.0 Å². The summed E-state index contributed by atoms with van der Waals surface area (Å²) in [7, 11) is 0. The Morgan fingerprint density at radius 3 is 2.35 bits per heavy atom. The van der Waals surface area contributed by atoms with Gasteiger partial charge in [-0.25, -0.2) is 4.39 Å². The smallest absolute Gasteiger partial charge is 0.127 e. The van der Waals surface area contributed by atoms with Crippen LogP contribution < -0.4 is 5.73 Å². The molecule has 0 saturated heterocycles. The molecule has 0 aromatic heterocycles. The second-order valence-corrected chi connectivity index (χ2v) is 5.74. The molecular weight excluding hydrogens is 321 g/mol. The fourth-order valence-electron chi connectivity index (χ4n) is 2.38. The van der Waals surface area contributed by atoms with E-state index in [2.05, 4.69) is 15.9 Å². The third kappa shape index (κ3) is 2.92. The van der Waals surface area contributed by atoms with Crippen LogP contribution in [0, 0.1) is 5.82 Å². The number of aliphatic hydroxyl groups is 1. The van der Waals surface area contributed by atoms with E-state index in [9.17, 15) is 9.50 Å². The molecule has 2 rings (SSSR count). The first-order valence-electron chi connectivity index (χ1n) is 6.42. The van der Waals surface area contributed by atoms with Gasteiger partial charge in [-0.2, -0.15) is 0 Å². The molecule has 4 heteroatoms. The van der Waals surface area contributed by atoms with Gasteiger partial charge in [0, 0.05) is 16.4 Å². The van der Waals surface area contributed by atoms with E-state index in [0.717, 1.165) is 10.0 Å². The quantitative estimate of drug-likeness (QED) is 0.880. The fourth-order valence-corrected chi connectivity index (χ4v) is 2.81. The Bertz CT molecular complexity index is 584. The van der Waals surface area contributed by atoms with Crippen LogP contribution in [-0.2, 0) is 11.8 Å². The number of hydrogen-bond donors (Lipinski definition) is 2. The van der Waals surface area contributed by atoms with Crippen LogP contribution in [0.15, 0.2) is 53.0 Å². The molecule has 0 bridgehead atoms. The summed E-state index contributed by atoms with van der Waals surface area (Å²) in [5.41, 5.74) is 6.52. The van der Waals surface area contributed by atoms with E-state index in [4.69, 9.17) is 5.73 Å². The number of halogens is 2. The highest BCUT2D eigenvalue weighted by atomic mass is 79.9. The van der Waals surface area contributed by atoms with Crippen molar-refractivity contribution in [3.63, 3.8) is 0 Å². The molecule has 0 saturated carbocycles. The molecule has 0 aliphatic rings. The molecule has 0 spiro atoms. The van der Waals surface area contributed by atoms with Gasteiger partial charge in [-0.1, -0.05) is 52.3 Å². The summed E-state index contributed by atoms with van der Waals surface area (Å²) in [5, 5.41) is 9.84. The SMILES string of the molecule is NCC(CO)(Cc1ccccc1Br)c1ccccc1F. The highest BCUT2D eigenvalue weighted by Crippen LogP contribution is 2.31. The Balaban J connectivity index is 2.46. The molecule has 0 aliphatic heterocycles.